The van der Waals surface area contributed by atoms with E-state index in [9.17, 15) is 0 Å². The molecule has 0 saturated heterocycles. The zero-order valence-electron chi connectivity index (χ0n) is 6.57. The zero-order valence-corrected chi connectivity index (χ0v) is 6.57. The van der Waals surface area contributed by atoms with Crippen LogP contribution < -0.4 is 5.32 Å². The lowest BCUT2D eigenvalue weighted by molar-refractivity contribution is 1.16. The molecule has 0 aromatic carbocycles. The smallest absolute Gasteiger partial charge is 0.176 e. The molecule has 1 N–H and O–H groups in total. The van der Waals surface area contributed by atoms with E-state index in [-0.39, 0.29) is 0 Å². The van der Waals surface area contributed by atoms with Gasteiger partial charge in [-0.1, -0.05) is 12.0 Å². The van der Waals surface area contributed by atoms with Crippen LogP contribution in [0.15, 0.2) is 42.5 Å². The molecule has 57 valence electrons. The minimum atomic E-state index is 0.970. The topological polar surface area (TPSA) is 24.9 Å². The molecule has 3 heteroatoms. The van der Waals surface area contributed by atoms with E-state index >= 15 is 0 Å². The first-order valence-electron chi connectivity index (χ1n) is 3.85. The van der Waals surface area contributed by atoms with Crippen molar-refractivity contribution in [2.45, 2.75) is 0 Å². The molecule has 0 saturated carbocycles. The molecule has 1 radical (unpaired) electrons. The van der Waals surface area contributed by atoms with Gasteiger partial charge < -0.3 is 5.32 Å². The number of aromatic nitrogens is 1. The highest BCUT2D eigenvalue weighted by molar-refractivity contribution is 6.50. The minimum absolute atomic E-state index is 0.970. The Labute approximate surface area is 72.3 Å². The number of nitrogens with zero attached hydrogens (tertiary/aromatic N) is 1. The van der Waals surface area contributed by atoms with Gasteiger partial charge in [-0.15, -0.1) is 5.98 Å². The van der Waals surface area contributed by atoms with Gasteiger partial charge in [-0.25, -0.2) is 0 Å². The predicted octanol–water partition coefficient (Wildman–Crippen LogP) is 1.16. The van der Waals surface area contributed by atoms with Gasteiger partial charge in [0.25, 0.3) is 0 Å². The quantitative estimate of drug-likeness (QED) is 0.615. The lowest BCUT2D eigenvalue weighted by Crippen LogP contribution is -2.10. The van der Waals surface area contributed by atoms with Crippen LogP contribution in [0.2, 0.25) is 0 Å². The van der Waals surface area contributed by atoms with E-state index in [0.717, 1.165) is 11.4 Å². The minimum Gasteiger partial charge on any atom is -0.362 e. The highest BCUT2D eigenvalue weighted by Gasteiger charge is 2.01. The summed E-state index contributed by atoms with van der Waals surface area (Å²) in [5, 5.41) is 3.12. The summed E-state index contributed by atoms with van der Waals surface area (Å²) < 4.78 is 0. The van der Waals surface area contributed by atoms with Gasteiger partial charge in [0.05, 0.1) is 11.4 Å². The molecule has 12 heavy (non-hydrogen) atoms. The van der Waals surface area contributed by atoms with Crippen LogP contribution in [-0.2, 0) is 0 Å². The summed E-state index contributed by atoms with van der Waals surface area (Å²) in [5.41, 5.74) is 2.01. The van der Waals surface area contributed by atoms with Crippen LogP contribution in [0, 0.1) is 0 Å². The number of hydrogen-bond acceptors (Lipinski definition) is 2. The van der Waals surface area contributed by atoms with Crippen molar-refractivity contribution in [2.75, 3.05) is 0 Å². The zero-order chi connectivity index (χ0) is 8.23. The van der Waals surface area contributed by atoms with Crippen molar-refractivity contribution in [3.8, 4) is 0 Å². The number of nitrogens with one attached hydrogen (secondary N) is 1. The lowest BCUT2D eigenvalue weighted by atomic mass is 9.76. The molecule has 2 nitrogen and oxygen atoms in total. The Morgan fingerprint density at radius 1 is 1.33 bits per heavy atom. The van der Waals surface area contributed by atoms with Gasteiger partial charge in [-0.05, 0) is 18.3 Å². The molecule has 1 aliphatic rings. The van der Waals surface area contributed by atoms with Crippen LogP contribution in [0.3, 0.4) is 0 Å². The molecule has 0 unspecified atom stereocenters. The van der Waals surface area contributed by atoms with Gasteiger partial charge in [0, 0.05) is 6.20 Å². The van der Waals surface area contributed by atoms with Crippen molar-refractivity contribution in [3.05, 3.63) is 48.2 Å². The molecular formula is C9H8BN2. The lowest BCUT2D eigenvalue weighted by Gasteiger charge is -2.08. The maximum atomic E-state index is 4.22. The van der Waals surface area contributed by atoms with Crippen molar-refractivity contribution >= 4 is 13.0 Å². The number of rotatable bonds is 1. The third-order valence-corrected chi connectivity index (χ3v) is 1.65. The van der Waals surface area contributed by atoms with Crippen LogP contribution >= 0.6 is 0 Å². The summed E-state index contributed by atoms with van der Waals surface area (Å²) in [7, 11) is 1.99. The standard InChI is InChI=1S/C9H8BN2/c1-2-5-11-8(3-1)9-7-10-4-6-12-9/h1-7,12H. The molecule has 2 rings (SSSR count). The Bertz CT molecular complexity index is 317. The second-order valence-electron chi connectivity index (χ2n) is 2.49. The Morgan fingerprint density at radius 2 is 2.33 bits per heavy atom. The monoisotopic (exact) mass is 155 g/mol. The summed E-state index contributed by atoms with van der Waals surface area (Å²) in [6.45, 7) is 0. The summed E-state index contributed by atoms with van der Waals surface area (Å²) in [6.07, 6.45) is 3.68. The van der Waals surface area contributed by atoms with Crippen molar-refractivity contribution in [2.24, 2.45) is 0 Å². The molecule has 0 amide bonds. The Morgan fingerprint density at radius 3 is 3.00 bits per heavy atom. The molecule has 0 spiro atoms. The molecule has 0 atom stereocenters. The first-order valence-corrected chi connectivity index (χ1v) is 3.85. The Hall–Kier alpha value is -1.51. The average Bonchev–Trinajstić information content (AvgIpc) is 2.21. The third kappa shape index (κ3) is 1.40. The number of hydrogen-bond donors (Lipinski definition) is 1. The normalized spacial score (nSPS) is 14.5. The van der Waals surface area contributed by atoms with Crippen molar-refractivity contribution in [1.29, 1.82) is 0 Å². The molecule has 0 aliphatic carbocycles. The van der Waals surface area contributed by atoms with Gasteiger partial charge in [-0.2, -0.15) is 0 Å². The largest absolute Gasteiger partial charge is 0.362 e. The fraction of sp³-hybridized carbons (Fsp3) is 0. The van der Waals surface area contributed by atoms with E-state index in [1.165, 1.54) is 0 Å². The van der Waals surface area contributed by atoms with Crippen LogP contribution in [-0.4, -0.2) is 12.3 Å². The van der Waals surface area contributed by atoms with Crippen LogP contribution in [0.25, 0.3) is 5.70 Å². The van der Waals surface area contributed by atoms with E-state index < -0.39 is 0 Å². The molecule has 0 fully saturated rings. The van der Waals surface area contributed by atoms with Crippen molar-refractivity contribution < 1.29 is 0 Å². The van der Waals surface area contributed by atoms with Gasteiger partial charge in [0.1, 0.15) is 0 Å². The van der Waals surface area contributed by atoms with Crippen molar-refractivity contribution in [3.63, 3.8) is 0 Å². The highest BCUT2D eigenvalue weighted by Crippen LogP contribution is 2.08. The number of pyridine rings is 1. The Kier molecular flexibility index (Phi) is 1.95. The van der Waals surface area contributed by atoms with Crippen LogP contribution in [0.4, 0.5) is 0 Å². The van der Waals surface area contributed by atoms with E-state index in [1.807, 2.05) is 43.6 Å². The van der Waals surface area contributed by atoms with Gasteiger partial charge >= 0.3 is 0 Å². The Balaban J connectivity index is 2.26. The SMILES string of the molecule is [B]1C=CNC(c2ccccn2)=C1. The fourth-order valence-corrected chi connectivity index (χ4v) is 1.07. The molecule has 1 aromatic rings. The fourth-order valence-electron chi connectivity index (χ4n) is 1.07. The van der Waals surface area contributed by atoms with E-state index in [0.29, 0.717) is 0 Å². The summed E-state index contributed by atoms with van der Waals surface area (Å²) in [6, 6.07) is 5.86. The summed E-state index contributed by atoms with van der Waals surface area (Å²) >= 11 is 0. The molecular weight excluding hydrogens is 147 g/mol. The van der Waals surface area contributed by atoms with Gasteiger partial charge in [-0.3, -0.25) is 4.98 Å². The van der Waals surface area contributed by atoms with Gasteiger partial charge in [0.15, 0.2) is 7.28 Å². The molecule has 1 aliphatic heterocycles. The maximum Gasteiger partial charge on any atom is 0.176 e. The second-order valence-corrected chi connectivity index (χ2v) is 2.49. The van der Waals surface area contributed by atoms with Crippen molar-refractivity contribution in [1.82, 2.24) is 10.3 Å². The van der Waals surface area contributed by atoms with Crippen LogP contribution in [0.1, 0.15) is 5.69 Å². The highest BCUT2D eigenvalue weighted by atomic mass is 14.9. The summed E-state index contributed by atoms with van der Waals surface area (Å²) in [5.74, 6) is 3.95. The first-order chi connectivity index (χ1) is 5.97. The van der Waals surface area contributed by atoms with E-state index in [1.54, 1.807) is 6.20 Å². The van der Waals surface area contributed by atoms with Gasteiger partial charge in [0.2, 0.25) is 0 Å². The molecule has 1 aromatic heterocycles. The maximum absolute atomic E-state index is 4.22. The summed E-state index contributed by atoms with van der Waals surface area (Å²) in [4.78, 5) is 4.22. The van der Waals surface area contributed by atoms with Crippen LogP contribution in [0.5, 0.6) is 0 Å². The predicted molar refractivity (Wildman–Crippen MR) is 50.2 cm³/mol. The first kappa shape index (κ1) is 7.16. The molecule has 2 heterocycles. The van der Waals surface area contributed by atoms with E-state index in [4.69, 9.17) is 0 Å². The third-order valence-electron chi connectivity index (χ3n) is 1.65. The van der Waals surface area contributed by atoms with E-state index in [2.05, 4.69) is 10.3 Å². The average molecular weight is 155 g/mol. The second kappa shape index (κ2) is 3.26. The molecule has 0 bridgehead atoms.